The highest BCUT2D eigenvalue weighted by molar-refractivity contribution is 5.97. The molecule has 0 aliphatic rings. The van der Waals surface area contributed by atoms with E-state index in [0.717, 1.165) is 19.2 Å². The van der Waals surface area contributed by atoms with Crippen LogP contribution in [0.1, 0.15) is 28.4 Å². The predicted octanol–water partition coefficient (Wildman–Crippen LogP) is 3.18. The van der Waals surface area contributed by atoms with Gasteiger partial charge in [-0.3, -0.25) is 9.59 Å². The molecule has 0 aliphatic carbocycles. The molecule has 0 saturated heterocycles. The lowest BCUT2D eigenvalue weighted by molar-refractivity contribution is -0.143. The Morgan fingerprint density at radius 2 is 1.59 bits per heavy atom. The first-order valence-corrected chi connectivity index (χ1v) is 8.52. The average molecular weight is 408 g/mol. The Kier molecular flexibility index (Phi) is 6.98. The van der Waals surface area contributed by atoms with Crippen molar-refractivity contribution >= 4 is 23.5 Å². The summed E-state index contributed by atoms with van der Waals surface area (Å²) in [5.74, 6) is -1.56. The number of anilines is 1. The predicted molar refractivity (Wildman–Crippen MR) is 99.2 cm³/mol. The van der Waals surface area contributed by atoms with Gasteiger partial charge in [-0.2, -0.15) is 13.2 Å². The van der Waals surface area contributed by atoms with Crippen molar-refractivity contribution in [3.63, 3.8) is 0 Å². The van der Waals surface area contributed by atoms with Crippen LogP contribution in [0.15, 0.2) is 48.5 Å². The van der Waals surface area contributed by atoms with E-state index < -0.39 is 29.7 Å². The zero-order valence-electron chi connectivity index (χ0n) is 15.7. The minimum atomic E-state index is -4.46. The molecular weight excluding hydrogens is 389 g/mol. The second-order valence-corrected chi connectivity index (χ2v) is 6.21. The molecule has 9 heteroatoms. The van der Waals surface area contributed by atoms with Gasteiger partial charge in [0.15, 0.2) is 0 Å². The molecule has 0 unspecified atom stereocenters. The van der Waals surface area contributed by atoms with Gasteiger partial charge in [0.2, 0.25) is 5.91 Å². The van der Waals surface area contributed by atoms with Crippen molar-refractivity contribution in [2.45, 2.75) is 25.6 Å². The first-order chi connectivity index (χ1) is 13.6. The van der Waals surface area contributed by atoms with E-state index in [4.69, 9.17) is 0 Å². The van der Waals surface area contributed by atoms with Crippen LogP contribution in [0.25, 0.3) is 0 Å². The Morgan fingerprint density at radius 1 is 1.00 bits per heavy atom. The van der Waals surface area contributed by atoms with Gasteiger partial charge in [0.25, 0.3) is 5.91 Å². The summed E-state index contributed by atoms with van der Waals surface area (Å²) in [7, 11) is 1.15. The van der Waals surface area contributed by atoms with Crippen LogP contribution in [0.5, 0.6) is 0 Å². The number of hydrogen-bond acceptors (Lipinski definition) is 4. The molecule has 29 heavy (non-hydrogen) atoms. The van der Waals surface area contributed by atoms with E-state index in [9.17, 15) is 27.6 Å². The summed E-state index contributed by atoms with van der Waals surface area (Å²) in [5, 5.41) is 5.08. The quantitative estimate of drug-likeness (QED) is 0.719. The smallest absolute Gasteiger partial charge is 0.416 e. The topological polar surface area (TPSA) is 84.5 Å². The Labute approximate surface area is 165 Å². The lowest BCUT2D eigenvalue weighted by Gasteiger charge is -2.17. The lowest BCUT2D eigenvalue weighted by atomic mass is 10.0. The highest BCUT2D eigenvalue weighted by Gasteiger charge is 2.30. The molecule has 0 aliphatic heterocycles. The Bertz CT molecular complexity index is 878. The normalized spacial score (nSPS) is 12.0. The Balaban J connectivity index is 2.11. The van der Waals surface area contributed by atoms with Gasteiger partial charge in [-0.15, -0.1) is 0 Å². The Hall–Kier alpha value is -3.36. The van der Waals surface area contributed by atoms with Gasteiger partial charge in [-0.1, -0.05) is 12.1 Å². The van der Waals surface area contributed by atoms with Crippen LogP contribution in [-0.4, -0.2) is 30.9 Å². The van der Waals surface area contributed by atoms with E-state index >= 15 is 0 Å². The first-order valence-electron chi connectivity index (χ1n) is 8.52. The van der Waals surface area contributed by atoms with Crippen molar-refractivity contribution in [2.24, 2.45) is 0 Å². The fourth-order valence-electron chi connectivity index (χ4n) is 2.55. The van der Waals surface area contributed by atoms with E-state index in [-0.39, 0.29) is 17.9 Å². The summed E-state index contributed by atoms with van der Waals surface area (Å²) in [6.45, 7) is 1.35. The number of amides is 2. The summed E-state index contributed by atoms with van der Waals surface area (Å²) in [4.78, 5) is 35.5. The van der Waals surface area contributed by atoms with E-state index in [1.54, 1.807) is 0 Å². The number of rotatable bonds is 6. The molecule has 2 amide bonds. The number of ether oxygens (including phenoxy) is 1. The number of alkyl halides is 3. The van der Waals surface area contributed by atoms with Crippen molar-refractivity contribution in [2.75, 3.05) is 12.4 Å². The molecule has 154 valence electrons. The van der Waals surface area contributed by atoms with Gasteiger partial charge in [0, 0.05) is 24.6 Å². The largest absolute Gasteiger partial charge is 0.467 e. The third kappa shape index (κ3) is 6.34. The van der Waals surface area contributed by atoms with Crippen LogP contribution in [0, 0.1) is 0 Å². The summed E-state index contributed by atoms with van der Waals surface area (Å²) < 4.78 is 42.7. The van der Waals surface area contributed by atoms with E-state index in [1.165, 1.54) is 43.3 Å². The summed E-state index contributed by atoms with van der Waals surface area (Å²) >= 11 is 0. The third-order valence-corrected chi connectivity index (χ3v) is 3.98. The van der Waals surface area contributed by atoms with Crippen LogP contribution < -0.4 is 10.6 Å². The van der Waals surface area contributed by atoms with Gasteiger partial charge in [0.05, 0.1) is 12.7 Å². The SMILES string of the molecule is COC(=O)[C@@H](Cc1ccc(C(F)(F)F)cc1)NC(=O)c1ccc(NC(C)=O)cc1. The molecule has 0 fully saturated rings. The fourth-order valence-corrected chi connectivity index (χ4v) is 2.55. The second-order valence-electron chi connectivity index (χ2n) is 6.21. The summed E-state index contributed by atoms with van der Waals surface area (Å²) in [5.41, 5.74) is 0.359. The molecule has 2 aromatic carbocycles. The van der Waals surface area contributed by atoms with Gasteiger partial charge in [0.1, 0.15) is 6.04 Å². The van der Waals surface area contributed by atoms with Gasteiger partial charge in [-0.25, -0.2) is 4.79 Å². The van der Waals surface area contributed by atoms with Gasteiger partial charge in [-0.05, 0) is 42.0 Å². The average Bonchev–Trinajstić information content (AvgIpc) is 2.66. The number of nitrogens with one attached hydrogen (secondary N) is 2. The zero-order valence-corrected chi connectivity index (χ0v) is 15.7. The van der Waals surface area contributed by atoms with Crippen LogP contribution in [0.2, 0.25) is 0 Å². The maximum atomic E-state index is 12.7. The van der Waals surface area contributed by atoms with E-state index in [1.807, 2.05) is 0 Å². The van der Waals surface area contributed by atoms with E-state index in [0.29, 0.717) is 11.3 Å². The van der Waals surface area contributed by atoms with Crippen LogP contribution in [0.3, 0.4) is 0 Å². The highest BCUT2D eigenvalue weighted by atomic mass is 19.4. The maximum absolute atomic E-state index is 12.7. The highest BCUT2D eigenvalue weighted by Crippen LogP contribution is 2.29. The number of carbonyl (C=O) groups excluding carboxylic acids is 3. The third-order valence-electron chi connectivity index (χ3n) is 3.98. The monoisotopic (exact) mass is 408 g/mol. The molecule has 1 atom stereocenters. The van der Waals surface area contributed by atoms with Gasteiger partial charge < -0.3 is 15.4 Å². The number of carbonyl (C=O) groups is 3. The summed E-state index contributed by atoms with van der Waals surface area (Å²) in [6, 6.07) is 9.21. The minimum absolute atomic E-state index is 0.0411. The molecule has 0 spiro atoms. The van der Waals surface area contributed by atoms with Crippen molar-refractivity contribution in [1.82, 2.24) is 5.32 Å². The molecule has 0 aromatic heterocycles. The zero-order chi connectivity index (χ0) is 21.6. The molecule has 2 rings (SSSR count). The molecule has 2 N–H and O–H groups in total. The number of methoxy groups -OCH3 is 1. The maximum Gasteiger partial charge on any atom is 0.416 e. The van der Waals surface area contributed by atoms with Crippen molar-refractivity contribution in [3.05, 3.63) is 65.2 Å². The molecule has 0 heterocycles. The molecule has 2 aromatic rings. The molecule has 0 radical (unpaired) electrons. The first kappa shape index (κ1) is 21.9. The lowest BCUT2D eigenvalue weighted by Crippen LogP contribution is -2.43. The molecule has 0 bridgehead atoms. The molecular formula is C20H19F3N2O4. The number of esters is 1. The molecule has 0 saturated carbocycles. The van der Waals surface area contributed by atoms with Crippen LogP contribution >= 0.6 is 0 Å². The number of benzene rings is 2. The van der Waals surface area contributed by atoms with Crippen LogP contribution in [-0.2, 0) is 26.9 Å². The van der Waals surface area contributed by atoms with Crippen LogP contribution in [0.4, 0.5) is 18.9 Å². The van der Waals surface area contributed by atoms with E-state index in [2.05, 4.69) is 15.4 Å². The minimum Gasteiger partial charge on any atom is -0.467 e. The number of hydrogen-bond donors (Lipinski definition) is 2. The second kappa shape index (κ2) is 9.22. The Morgan fingerprint density at radius 3 is 2.07 bits per heavy atom. The van der Waals surface area contributed by atoms with Gasteiger partial charge >= 0.3 is 12.1 Å². The van der Waals surface area contributed by atoms with Crippen molar-refractivity contribution in [3.8, 4) is 0 Å². The fraction of sp³-hybridized carbons (Fsp3) is 0.250. The number of halogens is 3. The van der Waals surface area contributed by atoms with Crippen molar-refractivity contribution < 1.29 is 32.3 Å². The standard InChI is InChI=1S/C20H19F3N2O4/c1-12(26)24-16-9-5-14(6-10-16)18(27)25-17(19(28)29-2)11-13-3-7-15(8-4-13)20(21,22)23/h3-10,17H,11H2,1-2H3,(H,24,26)(H,25,27)/t17-/m1/s1. The molecule has 6 nitrogen and oxygen atoms in total. The van der Waals surface area contributed by atoms with Crippen molar-refractivity contribution in [1.29, 1.82) is 0 Å². The summed E-state index contributed by atoms with van der Waals surface area (Å²) in [6.07, 6.45) is -4.50.